The lowest BCUT2D eigenvalue weighted by Crippen LogP contribution is -2.40. The Labute approximate surface area is 199 Å². The number of carbonyl (C=O) groups excluding carboxylic acids is 1. The van der Waals surface area contributed by atoms with Crippen molar-refractivity contribution in [3.05, 3.63) is 0 Å². The molecule has 0 aliphatic heterocycles. The summed E-state index contributed by atoms with van der Waals surface area (Å²) >= 11 is 0. The predicted octanol–water partition coefficient (Wildman–Crippen LogP) is 6.29. The predicted molar refractivity (Wildman–Crippen MR) is 135 cm³/mol. The Morgan fingerprint density at radius 2 is 1.25 bits per heavy atom. The Bertz CT molecular complexity index is 392. The van der Waals surface area contributed by atoms with E-state index in [1.54, 1.807) is 0 Å². The van der Waals surface area contributed by atoms with E-state index in [0.717, 1.165) is 25.7 Å². The van der Waals surface area contributed by atoms with Crippen LogP contribution in [0.1, 0.15) is 136 Å². The number of hydrogen-bond acceptors (Lipinski definition) is 4. The van der Waals surface area contributed by atoms with Crippen molar-refractivity contribution in [2.75, 3.05) is 19.8 Å². The van der Waals surface area contributed by atoms with Gasteiger partial charge in [0.25, 0.3) is 0 Å². The van der Waals surface area contributed by atoms with Crippen molar-refractivity contribution in [3.8, 4) is 0 Å². The van der Waals surface area contributed by atoms with Gasteiger partial charge in [-0.1, -0.05) is 110 Å². The van der Waals surface area contributed by atoms with E-state index in [9.17, 15) is 15.0 Å². The zero-order valence-electron chi connectivity index (χ0n) is 21.4. The molecule has 2 atom stereocenters. The molecule has 0 spiro atoms. The monoisotopic (exact) mass is 457 g/mol. The Balaban J connectivity index is 3.56. The number of ether oxygens (including phenoxy) is 1. The zero-order valence-corrected chi connectivity index (χ0v) is 21.4. The van der Waals surface area contributed by atoms with Gasteiger partial charge in [0.15, 0.2) is 0 Å². The highest BCUT2D eigenvalue weighted by Crippen LogP contribution is 2.12. The largest absolute Gasteiger partial charge is 0.394 e. The Hall–Kier alpha value is -0.650. The molecule has 5 heteroatoms. The molecule has 0 fully saturated rings. The summed E-state index contributed by atoms with van der Waals surface area (Å²) in [6.45, 7) is 5.09. The minimum Gasteiger partial charge on any atom is -0.394 e. The van der Waals surface area contributed by atoms with E-state index in [-0.39, 0.29) is 24.7 Å². The smallest absolute Gasteiger partial charge is 0.220 e. The minimum absolute atomic E-state index is 0.00399. The molecular weight excluding hydrogens is 402 g/mol. The molecule has 0 aliphatic carbocycles. The van der Waals surface area contributed by atoms with Crippen LogP contribution in [0.25, 0.3) is 0 Å². The first kappa shape index (κ1) is 31.4. The third-order valence-corrected chi connectivity index (χ3v) is 6.15. The number of amides is 1. The van der Waals surface area contributed by atoms with Gasteiger partial charge in [0.2, 0.25) is 5.91 Å². The molecule has 32 heavy (non-hydrogen) atoms. The van der Waals surface area contributed by atoms with Gasteiger partial charge in [-0.2, -0.15) is 0 Å². The third-order valence-electron chi connectivity index (χ3n) is 6.15. The molecule has 0 heterocycles. The van der Waals surface area contributed by atoms with Crippen LogP contribution in [0.2, 0.25) is 0 Å². The molecule has 0 rings (SSSR count). The van der Waals surface area contributed by atoms with Gasteiger partial charge in [0.05, 0.1) is 25.4 Å². The number of aliphatic hydroxyl groups excluding tert-OH is 2. The van der Waals surface area contributed by atoms with Crippen LogP contribution in [-0.2, 0) is 9.53 Å². The lowest BCUT2D eigenvalue weighted by Gasteiger charge is -2.17. The molecule has 0 saturated carbocycles. The molecule has 0 unspecified atom stereocenters. The van der Waals surface area contributed by atoms with Crippen molar-refractivity contribution in [2.45, 2.75) is 148 Å². The van der Waals surface area contributed by atoms with E-state index in [1.807, 2.05) is 0 Å². The van der Waals surface area contributed by atoms with Gasteiger partial charge in [-0.3, -0.25) is 4.79 Å². The summed E-state index contributed by atoms with van der Waals surface area (Å²) in [7, 11) is 0. The summed E-state index contributed by atoms with van der Waals surface area (Å²) < 4.78 is 5.58. The molecule has 0 bridgehead atoms. The average molecular weight is 458 g/mol. The van der Waals surface area contributed by atoms with Crippen molar-refractivity contribution in [1.82, 2.24) is 5.32 Å². The van der Waals surface area contributed by atoms with Crippen LogP contribution in [-0.4, -0.2) is 48.1 Å². The number of unbranched alkanes of at least 4 members (excludes halogenated alkanes) is 14. The van der Waals surface area contributed by atoms with Crippen LogP contribution in [0.4, 0.5) is 0 Å². The minimum atomic E-state index is -0.360. The van der Waals surface area contributed by atoms with Gasteiger partial charge in [-0.15, -0.1) is 0 Å². The van der Waals surface area contributed by atoms with Gasteiger partial charge < -0.3 is 20.3 Å². The third kappa shape index (κ3) is 22.5. The van der Waals surface area contributed by atoms with Crippen LogP contribution in [0.15, 0.2) is 0 Å². The standard InChI is InChI=1S/C27H55NO4/c1-3-5-7-9-10-11-12-13-14-16-18-20-27(31)28-25(23-29)24-32-22-21-26(30)19-17-15-8-6-4-2/h25-26,29-30H,3-24H2,1-2H3,(H,28,31)/t25-,26-/m1/s1. The SMILES string of the molecule is CCCCCCCCCCCCCC(=O)N[C@H](CO)COCC[C@H](O)CCCCCCC. The molecule has 0 aliphatic rings. The molecule has 0 saturated heterocycles. The first-order chi connectivity index (χ1) is 15.6. The quantitative estimate of drug-likeness (QED) is 0.141. The van der Waals surface area contributed by atoms with Crippen molar-refractivity contribution in [1.29, 1.82) is 0 Å². The molecule has 192 valence electrons. The highest BCUT2D eigenvalue weighted by Gasteiger charge is 2.12. The van der Waals surface area contributed by atoms with Crippen LogP contribution in [0.5, 0.6) is 0 Å². The summed E-state index contributed by atoms with van der Waals surface area (Å²) in [4.78, 5) is 12.1. The van der Waals surface area contributed by atoms with Crippen LogP contribution >= 0.6 is 0 Å². The van der Waals surface area contributed by atoms with E-state index < -0.39 is 0 Å². The highest BCUT2D eigenvalue weighted by molar-refractivity contribution is 5.76. The molecule has 3 N–H and O–H groups in total. The van der Waals surface area contributed by atoms with Crippen molar-refractivity contribution in [2.24, 2.45) is 0 Å². The Morgan fingerprint density at radius 3 is 1.78 bits per heavy atom. The van der Waals surface area contributed by atoms with Crippen molar-refractivity contribution < 1.29 is 19.7 Å². The second-order valence-electron chi connectivity index (χ2n) is 9.45. The lowest BCUT2D eigenvalue weighted by molar-refractivity contribution is -0.122. The van der Waals surface area contributed by atoms with Gasteiger partial charge in [-0.25, -0.2) is 0 Å². The Kier molecular flexibility index (Phi) is 24.5. The molecule has 0 radical (unpaired) electrons. The molecular formula is C27H55NO4. The molecule has 0 aromatic carbocycles. The van der Waals surface area contributed by atoms with Gasteiger partial charge in [0.1, 0.15) is 0 Å². The number of carbonyl (C=O) groups is 1. The van der Waals surface area contributed by atoms with E-state index in [0.29, 0.717) is 26.1 Å². The van der Waals surface area contributed by atoms with Gasteiger partial charge in [0, 0.05) is 13.0 Å². The van der Waals surface area contributed by atoms with E-state index in [4.69, 9.17) is 4.74 Å². The lowest BCUT2D eigenvalue weighted by atomic mass is 10.1. The fourth-order valence-corrected chi connectivity index (χ4v) is 3.96. The van der Waals surface area contributed by atoms with Crippen LogP contribution in [0, 0.1) is 0 Å². The van der Waals surface area contributed by atoms with Crippen LogP contribution < -0.4 is 5.32 Å². The molecule has 0 aromatic heterocycles. The number of rotatable bonds is 25. The summed E-state index contributed by atoms with van der Waals surface area (Å²) in [6, 6.07) is -0.360. The summed E-state index contributed by atoms with van der Waals surface area (Å²) in [6.07, 6.45) is 21.6. The van der Waals surface area contributed by atoms with E-state index in [2.05, 4.69) is 19.2 Å². The first-order valence-corrected chi connectivity index (χ1v) is 13.8. The highest BCUT2D eigenvalue weighted by atomic mass is 16.5. The van der Waals surface area contributed by atoms with Gasteiger partial charge in [-0.05, 0) is 19.3 Å². The van der Waals surface area contributed by atoms with Crippen molar-refractivity contribution >= 4 is 5.91 Å². The molecule has 1 amide bonds. The topological polar surface area (TPSA) is 78.8 Å². The van der Waals surface area contributed by atoms with Gasteiger partial charge >= 0.3 is 0 Å². The number of aliphatic hydroxyl groups is 2. The maximum absolute atomic E-state index is 12.1. The maximum atomic E-state index is 12.1. The van der Waals surface area contributed by atoms with E-state index >= 15 is 0 Å². The molecule has 0 aromatic rings. The first-order valence-electron chi connectivity index (χ1n) is 13.8. The molecule has 5 nitrogen and oxygen atoms in total. The number of nitrogens with one attached hydrogen (secondary N) is 1. The zero-order chi connectivity index (χ0) is 23.7. The van der Waals surface area contributed by atoms with Crippen LogP contribution in [0.3, 0.4) is 0 Å². The van der Waals surface area contributed by atoms with Crippen molar-refractivity contribution in [3.63, 3.8) is 0 Å². The second kappa shape index (κ2) is 25.0. The van der Waals surface area contributed by atoms with E-state index in [1.165, 1.54) is 83.5 Å². The summed E-state index contributed by atoms with van der Waals surface area (Å²) in [5, 5.41) is 22.4. The summed E-state index contributed by atoms with van der Waals surface area (Å²) in [5.41, 5.74) is 0. The fourth-order valence-electron chi connectivity index (χ4n) is 3.96. The fraction of sp³-hybridized carbons (Fsp3) is 0.963. The average Bonchev–Trinajstić information content (AvgIpc) is 2.79. The second-order valence-corrected chi connectivity index (χ2v) is 9.45. The Morgan fingerprint density at radius 1 is 0.750 bits per heavy atom. The number of hydrogen-bond donors (Lipinski definition) is 3. The maximum Gasteiger partial charge on any atom is 0.220 e. The summed E-state index contributed by atoms with van der Waals surface area (Å²) in [5.74, 6) is -0.00399. The normalized spacial score (nSPS) is 13.2.